The first-order chi connectivity index (χ1) is 11.5. The summed E-state index contributed by atoms with van der Waals surface area (Å²) in [5, 5.41) is 0. The third-order valence-electron chi connectivity index (χ3n) is 4.48. The number of hydrogen-bond donors (Lipinski definition) is 1. The second kappa shape index (κ2) is 8.47. The number of nitrogens with two attached hydrogens (primary N) is 1. The monoisotopic (exact) mass is 332 g/mol. The van der Waals surface area contributed by atoms with Gasteiger partial charge in [0.05, 0.1) is 5.92 Å². The molecule has 1 atom stereocenters. The molecule has 1 aliphatic heterocycles. The van der Waals surface area contributed by atoms with E-state index in [-0.39, 0.29) is 36.2 Å². The summed E-state index contributed by atoms with van der Waals surface area (Å²) in [6.07, 6.45) is 1.74. The molecule has 130 valence electrons. The lowest BCUT2D eigenvalue weighted by Gasteiger charge is -2.30. The number of primary amides is 1. The predicted molar refractivity (Wildman–Crippen MR) is 88.9 cm³/mol. The molecule has 0 aliphatic carbocycles. The van der Waals surface area contributed by atoms with Gasteiger partial charge >= 0.3 is 5.97 Å². The Morgan fingerprint density at radius 1 is 1.21 bits per heavy atom. The number of benzene rings is 1. The molecule has 6 heteroatoms. The van der Waals surface area contributed by atoms with Crippen LogP contribution >= 0.6 is 0 Å². The van der Waals surface area contributed by atoms with E-state index in [9.17, 15) is 14.4 Å². The lowest BCUT2D eigenvalue weighted by Crippen LogP contribution is -2.43. The SMILES string of the molecule is CC[C@H](C(=O)OCC(=O)N1CCC(C(N)=O)CC1)c1ccccc1. The summed E-state index contributed by atoms with van der Waals surface area (Å²) in [6, 6.07) is 9.40. The first-order valence-corrected chi connectivity index (χ1v) is 8.31. The van der Waals surface area contributed by atoms with Crippen molar-refractivity contribution in [2.24, 2.45) is 11.7 Å². The maximum atomic E-state index is 12.2. The number of likely N-dealkylation sites (tertiary alicyclic amines) is 1. The van der Waals surface area contributed by atoms with Crippen molar-refractivity contribution in [3.05, 3.63) is 35.9 Å². The Hall–Kier alpha value is -2.37. The van der Waals surface area contributed by atoms with Crippen LogP contribution in [0, 0.1) is 5.92 Å². The summed E-state index contributed by atoms with van der Waals surface area (Å²) in [6.45, 7) is 2.60. The van der Waals surface area contributed by atoms with Crippen LogP contribution in [0.3, 0.4) is 0 Å². The molecule has 0 saturated carbocycles. The van der Waals surface area contributed by atoms with Crippen LogP contribution in [0.4, 0.5) is 0 Å². The summed E-state index contributed by atoms with van der Waals surface area (Å²) < 4.78 is 5.22. The van der Waals surface area contributed by atoms with E-state index < -0.39 is 0 Å². The number of carbonyl (C=O) groups is 3. The molecule has 1 aromatic rings. The van der Waals surface area contributed by atoms with Crippen molar-refractivity contribution in [1.82, 2.24) is 4.90 Å². The van der Waals surface area contributed by atoms with Gasteiger partial charge in [0.1, 0.15) is 0 Å². The first kappa shape index (κ1) is 18.0. The fourth-order valence-electron chi connectivity index (χ4n) is 2.96. The Labute approximate surface area is 142 Å². The summed E-state index contributed by atoms with van der Waals surface area (Å²) in [4.78, 5) is 37.2. The first-order valence-electron chi connectivity index (χ1n) is 8.31. The molecule has 0 bridgehead atoms. The van der Waals surface area contributed by atoms with Gasteiger partial charge in [-0.1, -0.05) is 37.3 Å². The molecule has 6 nitrogen and oxygen atoms in total. The minimum absolute atomic E-state index is 0.167. The zero-order valence-electron chi connectivity index (χ0n) is 13.9. The van der Waals surface area contributed by atoms with Crippen LogP contribution in [0.5, 0.6) is 0 Å². The molecule has 1 aromatic carbocycles. The summed E-state index contributed by atoms with van der Waals surface area (Å²) in [5.74, 6) is -1.46. The molecular weight excluding hydrogens is 308 g/mol. The molecule has 1 heterocycles. The van der Waals surface area contributed by atoms with Gasteiger partial charge in [-0.3, -0.25) is 14.4 Å². The molecule has 0 aromatic heterocycles. The van der Waals surface area contributed by atoms with Crippen LogP contribution in [-0.4, -0.2) is 42.4 Å². The summed E-state index contributed by atoms with van der Waals surface area (Å²) in [7, 11) is 0. The van der Waals surface area contributed by atoms with E-state index in [0.29, 0.717) is 32.4 Å². The van der Waals surface area contributed by atoms with Gasteiger partial charge in [-0.15, -0.1) is 0 Å². The number of piperidine rings is 1. The van der Waals surface area contributed by atoms with Gasteiger partial charge in [0.2, 0.25) is 5.91 Å². The van der Waals surface area contributed by atoms with E-state index in [1.54, 1.807) is 4.90 Å². The number of ether oxygens (including phenoxy) is 1. The molecule has 0 unspecified atom stereocenters. The molecule has 0 spiro atoms. The largest absolute Gasteiger partial charge is 0.455 e. The van der Waals surface area contributed by atoms with Gasteiger partial charge in [0, 0.05) is 19.0 Å². The number of rotatable bonds is 6. The van der Waals surface area contributed by atoms with Crippen LogP contribution in [0.1, 0.15) is 37.7 Å². The molecule has 0 radical (unpaired) electrons. The van der Waals surface area contributed by atoms with Gasteiger partial charge in [-0.05, 0) is 24.8 Å². The highest BCUT2D eigenvalue weighted by Crippen LogP contribution is 2.21. The third-order valence-corrected chi connectivity index (χ3v) is 4.48. The van der Waals surface area contributed by atoms with Crippen molar-refractivity contribution in [1.29, 1.82) is 0 Å². The van der Waals surface area contributed by atoms with Gasteiger partial charge in [-0.2, -0.15) is 0 Å². The Balaban J connectivity index is 1.83. The van der Waals surface area contributed by atoms with Crippen LogP contribution < -0.4 is 5.73 Å². The maximum Gasteiger partial charge on any atom is 0.313 e. The highest BCUT2D eigenvalue weighted by Gasteiger charge is 2.27. The Bertz CT molecular complexity index is 580. The maximum absolute atomic E-state index is 12.2. The number of carbonyl (C=O) groups excluding carboxylic acids is 3. The second-order valence-electron chi connectivity index (χ2n) is 6.04. The van der Waals surface area contributed by atoms with Crippen LogP contribution in [-0.2, 0) is 19.1 Å². The van der Waals surface area contributed by atoms with Crippen molar-refractivity contribution in [2.75, 3.05) is 19.7 Å². The molecule has 2 N–H and O–H groups in total. The van der Waals surface area contributed by atoms with E-state index in [1.807, 2.05) is 37.3 Å². The average Bonchev–Trinajstić information content (AvgIpc) is 2.61. The molecule has 1 fully saturated rings. The highest BCUT2D eigenvalue weighted by atomic mass is 16.5. The molecule has 2 amide bonds. The number of hydrogen-bond acceptors (Lipinski definition) is 4. The lowest BCUT2D eigenvalue weighted by molar-refractivity contribution is -0.154. The topological polar surface area (TPSA) is 89.7 Å². The molecule has 1 saturated heterocycles. The van der Waals surface area contributed by atoms with Gasteiger partial charge in [0.25, 0.3) is 5.91 Å². The van der Waals surface area contributed by atoms with Gasteiger partial charge in [0.15, 0.2) is 6.61 Å². The molecule has 24 heavy (non-hydrogen) atoms. The van der Waals surface area contributed by atoms with Crippen molar-refractivity contribution in [3.63, 3.8) is 0 Å². The van der Waals surface area contributed by atoms with Gasteiger partial charge < -0.3 is 15.4 Å². The third kappa shape index (κ3) is 4.57. The fraction of sp³-hybridized carbons (Fsp3) is 0.500. The average molecular weight is 332 g/mol. The predicted octanol–water partition coefficient (Wildman–Crippen LogP) is 1.45. The van der Waals surface area contributed by atoms with E-state index in [4.69, 9.17) is 10.5 Å². The van der Waals surface area contributed by atoms with Gasteiger partial charge in [-0.25, -0.2) is 0 Å². The minimum atomic E-state index is -0.385. The molecular formula is C18H24N2O4. The van der Waals surface area contributed by atoms with Crippen molar-refractivity contribution >= 4 is 17.8 Å². The quantitative estimate of drug-likeness (QED) is 0.798. The van der Waals surface area contributed by atoms with Crippen LogP contribution in [0.15, 0.2) is 30.3 Å². The summed E-state index contributed by atoms with van der Waals surface area (Å²) in [5.41, 5.74) is 6.17. The molecule has 1 aliphatic rings. The van der Waals surface area contributed by atoms with Crippen molar-refractivity contribution in [3.8, 4) is 0 Å². The van der Waals surface area contributed by atoms with E-state index in [0.717, 1.165) is 5.56 Å². The van der Waals surface area contributed by atoms with Crippen molar-refractivity contribution < 1.29 is 19.1 Å². The smallest absolute Gasteiger partial charge is 0.313 e. The Kier molecular flexibility index (Phi) is 6.35. The Morgan fingerprint density at radius 2 is 1.83 bits per heavy atom. The second-order valence-corrected chi connectivity index (χ2v) is 6.04. The highest BCUT2D eigenvalue weighted by molar-refractivity contribution is 5.83. The summed E-state index contributed by atoms with van der Waals surface area (Å²) >= 11 is 0. The number of esters is 1. The zero-order chi connectivity index (χ0) is 17.5. The normalized spacial score (nSPS) is 16.5. The fourth-order valence-corrected chi connectivity index (χ4v) is 2.96. The molecule has 2 rings (SSSR count). The Morgan fingerprint density at radius 3 is 2.38 bits per heavy atom. The van der Waals surface area contributed by atoms with E-state index >= 15 is 0 Å². The van der Waals surface area contributed by atoms with Crippen molar-refractivity contribution in [2.45, 2.75) is 32.1 Å². The zero-order valence-corrected chi connectivity index (χ0v) is 13.9. The standard InChI is InChI=1S/C18H24N2O4/c1-2-15(13-6-4-3-5-7-13)18(23)24-12-16(21)20-10-8-14(9-11-20)17(19)22/h3-7,14-15H,2,8-12H2,1H3,(H2,19,22)/t15-/m0/s1. The van der Waals surface area contributed by atoms with E-state index in [1.165, 1.54) is 0 Å². The van der Waals surface area contributed by atoms with Crippen LogP contribution in [0.2, 0.25) is 0 Å². The minimum Gasteiger partial charge on any atom is -0.455 e. The van der Waals surface area contributed by atoms with E-state index in [2.05, 4.69) is 0 Å². The number of nitrogens with zero attached hydrogens (tertiary/aromatic N) is 1. The lowest BCUT2D eigenvalue weighted by atomic mass is 9.96. The number of amides is 2. The van der Waals surface area contributed by atoms with Crippen LogP contribution in [0.25, 0.3) is 0 Å².